The van der Waals surface area contributed by atoms with Crippen molar-refractivity contribution in [2.45, 2.75) is 84.4 Å². The summed E-state index contributed by atoms with van der Waals surface area (Å²) >= 11 is 0. The molecule has 6 rings (SSSR count). The second kappa shape index (κ2) is 6.90. The minimum absolute atomic E-state index is 0.0188. The van der Waals surface area contributed by atoms with Gasteiger partial charge in [-0.3, -0.25) is 9.59 Å². The fourth-order valence-electron chi connectivity index (χ4n) is 9.36. The molecule has 0 aromatic carbocycles. The number of aliphatic hydroxyl groups is 1. The van der Waals surface area contributed by atoms with E-state index in [4.69, 9.17) is 18.6 Å². The van der Waals surface area contributed by atoms with Crippen LogP contribution in [0.4, 0.5) is 0 Å². The van der Waals surface area contributed by atoms with Crippen molar-refractivity contribution in [1.29, 1.82) is 0 Å². The van der Waals surface area contributed by atoms with Crippen LogP contribution >= 0.6 is 0 Å². The van der Waals surface area contributed by atoms with Gasteiger partial charge >= 0.3 is 11.9 Å². The van der Waals surface area contributed by atoms with Crippen molar-refractivity contribution >= 4 is 17.7 Å². The van der Waals surface area contributed by atoms with Crippen LogP contribution in [0, 0.1) is 33.5 Å². The predicted octanol–water partition coefficient (Wildman–Crippen LogP) is 3.53. The largest absolute Gasteiger partial charge is 0.472 e. The molecule has 5 aliphatic rings. The van der Waals surface area contributed by atoms with Crippen molar-refractivity contribution in [3.8, 4) is 0 Å². The lowest BCUT2D eigenvalue weighted by atomic mass is 9.35. The fourth-order valence-corrected chi connectivity index (χ4v) is 9.36. The van der Waals surface area contributed by atoms with Crippen LogP contribution in [-0.2, 0) is 28.6 Å². The highest BCUT2D eigenvalue weighted by Gasteiger charge is 2.89. The normalized spacial score (nSPS) is 50.2. The molecule has 3 heterocycles. The van der Waals surface area contributed by atoms with Gasteiger partial charge in [-0.25, -0.2) is 4.79 Å². The number of ether oxygens (including phenoxy) is 3. The van der Waals surface area contributed by atoms with E-state index in [1.807, 2.05) is 33.8 Å². The standard InChI is InChI=1S/C28H34O8/c1-14(29)34-19-11-17-24(2,3)18(31)7-9-25(17,4)20-16(30)12-26(5)21(15-8-10-33-13-15)35-23(32)22-28(26,36-22)27(19,20)6/h7-10,13,16-17,19-22,30H,11-12H2,1-6H3/t16-,17-,19+,20?,21-,22+,25-,26-,27+,28+/m0/s1. The molecule has 1 aromatic rings. The van der Waals surface area contributed by atoms with Gasteiger partial charge in [-0.2, -0.15) is 0 Å². The fraction of sp³-hybridized carbons (Fsp3) is 0.679. The molecule has 2 saturated heterocycles. The van der Waals surface area contributed by atoms with Gasteiger partial charge in [-0.05, 0) is 36.3 Å². The number of epoxide rings is 1. The van der Waals surface area contributed by atoms with E-state index in [1.165, 1.54) is 13.2 Å². The Morgan fingerprint density at radius 3 is 2.50 bits per heavy atom. The number of hydrogen-bond acceptors (Lipinski definition) is 8. The number of esters is 2. The van der Waals surface area contributed by atoms with E-state index >= 15 is 0 Å². The second-order valence-corrected chi connectivity index (χ2v) is 12.7. The van der Waals surface area contributed by atoms with Gasteiger partial charge < -0.3 is 23.7 Å². The second-order valence-electron chi connectivity index (χ2n) is 12.7. The zero-order valence-electron chi connectivity index (χ0n) is 21.6. The topological polar surface area (TPSA) is 116 Å². The maximum Gasteiger partial charge on any atom is 0.339 e. The first-order valence-electron chi connectivity index (χ1n) is 12.7. The summed E-state index contributed by atoms with van der Waals surface area (Å²) in [6, 6.07) is 1.76. The van der Waals surface area contributed by atoms with E-state index in [-0.39, 0.29) is 11.7 Å². The lowest BCUT2D eigenvalue weighted by Gasteiger charge is -2.69. The summed E-state index contributed by atoms with van der Waals surface area (Å²) in [6.45, 7) is 11.3. The first-order valence-corrected chi connectivity index (χ1v) is 12.7. The van der Waals surface area contributed by atoms with Gasteiger partial charge in [-0.1, -0.05) is 40.7 Å². The molecule has 2 aliphatic heterocycles. The van der Waals surface area contributed by atoms with Gasteiger partial charge in [0.15, 0.2) is 11.9 Å². The van der Waals surface area contributed by atoms with E-state index < -0.39 is 69.5 Å². The predicted molar refractivity (Wildman–Crippen MR) is 125 cm³/mol. The van der Waals surface area contributed by atoms with Gasteiger partial charge in [0.05, 0.1) is 18.6 Å². The van der Waals surface area contributed by atoms with E-state index in [0.29, 0.717) is 18.4 Å². The van der Waals surface area contributed by atoms with Crippen molar-refractivity contribution < 1.29 is 38.1 Å². The van der Waals surface area contributed by atoms with Gasteiger partial charge in [0.2, 0.25) is 0 Å². The highest BCUT2D eigenvalue weighted by molar-refractivity contribution is 5.96. The van der Waals surface area contributed by atoms with Gasteiger partial charge in [-0.15, -0.1) is 0 Å². The lowest BCUT2D eigenvalue weighted by Crippen LogP contribution is -2.75. The summed E-state index contributed by atoms with van der Waals surface area (Å²) in [5.41, 5.74) is -3.40. The monoisotopic (exact) mass is 498 g/mol. The maximum absolute atomic E-state index is 13.3. The molecule has 4 fully saturated rings. The minimum atomic E-state index is -1.03. The van der Waals surface area contributed by atoms with Crippen LogP contribution in [0.3, 0.4) is 0 Å². The average molecular weight is 499 g/mol. The molecular weight excluding hydrogens is 464 g/mol. The van der Waals surface area contributed by atoms with Gasteiger partial charge in [0, 0.05) is 34.7 Å². The Balaban J connectivity index is 1.59. The molecule has 0 amide bonds. The number of aliphatic hydroxyl groups excluding tert-OH is 1. The van der Waals surface area contributed by atoms with Crippen LogP contribution in [0.1, 0.15) is 66.1 Å². The van der Waals surface area contributed by atoms with Gasteiger partial charge in [0.1, 0.15) is 17.8 Å². The van der Waals surface area contributed by atoms with Crippen molar-refractivity contribution in [3.63, 3.8) is 0 Å². The summed E-state index contributed by atoms with van der Waals surface area (Å²) < 4.78 is 23.7. The Hall–Kier alpha value is -2.45. The highest BCUT2D eigenvalue weighted by atomic mass is 16.7. The Kier molecular flexibility index (Phi) is 4.58. The van der Waals surface area contributed by atoms with Crippen LogP contribution in [0.15, 0.2) is 35.2 Å². The number of fused-ring (bicyclic) bond motifs is 3. The Bertz CT molecular complexity index is 1180. The van der Waals surface area contributed by atoms with E-state index in [0.717, 1.165) is 0 Å². The molecule has 36 heavy (non-hydrogen) atoms. The third-order valence-electron chi connectivity index (χ3n) is 10.7. The van der Waals surface area contributed by atoms with Crippen molar-refractivity contribution in [1.82, 2.24) is 0 Å². The first-order chi connectivity index (χ1) is 16.7. The Labute approximate surface area is 210 Å². The highest BCUT2D eigenvalue weighted by Crippen LogP contribution is 2.79. The molecule has 1 unspecified atom stereocenters. The molecule has 0 radical (unpaired) electrons. The van der Waals surface area contributed by atoms with E-state index in [9.17, 15) is 19.5 Å². The molecule has 10 atom stereocenters. The molecule has 8 nitrogen and oxygen atoms in total. The summed E-state index contributed by atoms with van der Waals surface area (Å²) in [7, 11) is 0. The third kappa shape index (κ3) is 2.50. The summed E-state index contributed by atoms with van der Waals surface area (Å²) in [5, 5.41) is 12.0. The van der Waals surface area contributed by atoms with Crippen LogP contribution in [0.2, 0.25) is 0 Å². The third-order valence-corrected chi connectivity index (χ3v) is 10.7. The number of cyclic esters (lactones) is 1. The molecule has 3 aliphatic carbocycles. The van der Waals surface area contributed by atoms with Gasteiger partial charge in [0.25, 0.3) is 0 Å². The molecule has 8 heteroatoms. The minimum Gasteiger partial charge on any atom is -0.472 e. The average Bonchev–Trinajstić information content (AvgIpc) is 3.36. The van der Waals surface area contributed by atoms with Crippen molar-refractivity contribution in [2.75, 3.05) is 0 Å². The molecule has 1 N–H and O–H groups in total. The van der Waals surface area contributed by atoms with Crippen molar-refractivity contribution in [2.24, 2.45) is 33.5 Å². The van der Waals surface area contributed by atoms with E-state index in [2.05, 4.69) is 6.92 Å². The zero-order chi connectivity index (χ0) is 26.1. The molecule has 194 valence electrons. The van der Waals surface area contributed by atoms with Crippen molar-refractivity contribution in [3.05, 3.63) is 36.3 Å². The quantitative estimate of drug-likeness (QED) is 0.486. The van der Waals surface area contributed by atoms with E-state index in [1.54, 1.807) is 18.4 Å². The number of rotatable bonds is 2. The first kappa shape index (κ1) is 23.9. The summed E-state index contributed by atoms with van der Waals surface area (Å²) in [6.07, 6.45) is 4.35. The number of ketones is 1. The molecule has 1 aromatic heterocycles. The number of furan rings is 1. The van der Waals surface area contributed by atoms with Crippen LogP contribution in [0.25, 0.3) is 0 Å². The molecule has 0 bridgehead atoms. The number of carbonyl (C=O) groups is 3. The SMILES string of the molecule is CC(=O)O[C@@H]1C[C@H]2C(C)(C)C(=O)C=C[C@]2(C)C2[C@@H](O)C[C@@]3(C)[C@H](c4ccoc4)OC(=O)[C@H]4O[C@]43[C@@]21C. The number of allylic oxidation sites excluding steroid dienone is 2. The Morgan fingerprint density at radius 1 is 1.14 bits per heavy atom. The lowest BCUT2D eigenvalue weighted by molar-refractivity contribution is -0.277. The smallest absolute Gasteiger partial charge is 0.339 e. The number of hydrogen-bond donors (Lipinski definition) is 1. The van der Waals surface area contributed by atoms with Crippen LogP contribution < -0.4 is 0 Å². The summed E-state index contributed by atoms with van der Waals surface area (Å²) in [5.74, 6) is -1.51. The molecule has 1 spiro atoms. The maximum atomic E-state index is 13.3. The number of carbonyl (C=O) groups excluding carboxylic acids is 3. The molecule has 2 saturated carbocycles. The van der Waals surface area contributed by atoms with Crippen LogP contribution in [0.5, 0.6) is 0 Å². The van der Waals surface area contributed by atoms with Crippen LogP contribution in [-0.4, -0.2) is 46.7 Å². The Morgan fingerprint density at radius 2 is 1.86 bits per heavy atom. The molecular formula is C28H34O8. The zero-order valence-corrected chi connectivity index (χ0v) is 21.6. The summed E-state index contributed by atoms with van der Waals surface area (Å²) in [4.78, 5) is 38.7.